The molecule has 0 bridgehead atoms. The highest BCUT2D eigenvalue weighted by molar-refractivity contribution is 6.06. The minimum Gasteiger partial charge on any atom is -0.393 e. The van der Waals surface area contributed by atoms with Crippen LogP contribution < -0.4 is 10.2 Å². The Labute approximate surface area is 170 Å². The van der Waals surface area contributed by atoms with Crippen LogP contribution >= 0.6 is 0 Å². The van der Waals surface area contributed by atoms with Crippen molar-refractivity contribution in [2.75, 3.05) is 30.4 Å². The molecule has 29 heavy (non-hydrogen) atoms. The van der Waals surface area contributed by atoms with Crippen LogP contribution in [0.15, 0.2) is 42.7 Å². The van der Waals surface area contributed by atoms with Crippen LogP contribution in [0.3, 0.4) is 0 Å². The molecule has 7 nitrogen and oxygen atoms in total. The van der Waals surface area contributed by atoms with Crippen LogP contribution in [0.4, 0.5) is 11.5 Å². The molecule has 1 aliphatic heterocycles. The van der Waals surface area contributed by atoms with E-state index in [1.807, 2.05) is 37.3 Å². The van der Waals surface area contributed by atoms with Crippen molar-refractivity contribution in [1.29, 1.82) is 0 Å². The van der Waals surface area contributed by atoms with Crippen LogP contribution in [-0.2, 0) is 0 Å². The minimum atomic E-state index is -0.212. The average Bonchev–Trinajstić information content (AvgIpc) is 2.74. The Bertz CT molecular complexity index is 970. The highest BCUT2D eigenvalue weighted by Gasteiger charge is 2.19. The molecule has 0 atom stereocenters. The summed E-state index contributed by atoms with van der Waals surface area (Å²) in [7, 11) is 1.78. The number of nitrogens with zero attached hydrogens (tertiary/aromatic N) is 4. The van der Waals surface area contributed by atoms with Gasteiger partial charge in [0.25, 0.3) is 0 Å². The van der Waals surface area contributed by atoms with E-state index in [4.69, 9.17) is 4.98 Å². The summed E-state index contributed by atoms with van der Waals surface area (Å²) in [5.41, 5.74) is 3.81. The third-order valence-corrected chi connectivity index (χ3v) is 4.93. The van der Waals surface area contributed by atoms with Gasteiger partial charge in [-0.15, -0.1) is 0 Å². The number of fused-ring (bicyclic) bond motifs is 1. The third kappa shape index (κ3) is 5.06. The lowest BCUT2D eigenvalue weighted by Gasteiger charge is -2.30. The lowest BCUT2D eigenvalue weighted by molar-refractivity contribution is 0.101. The molecule has 0 unspecified atom stereocenters. The number of aliphatic hydroxyl groups excluding tert-OH is 1. The summed E-state index contributed by atoms with van der Waals surface area (Å²) in [5.74, 6) is 0.824. The Hall–Kier alpha value is -3.06. The van der Waals surface area contributed by atoms with Gasteiger partial charge in [-0.3, -0.25) is 14.8 Å². The zero-order chi connectivity index (χ0) is 20.8. The molecule has 1 aliphatic rings. The fourth-order valence-electron chi connectivity index (χ4n) is 3.30. The van der Waals surface area contributed by atoms with Crippen LogP contribution in [0.1, 0.15) is 35.8 Å². The number of carbonyl (C=O) groups excluding carboxylic acids is 1. The van der Waals surface area contributed by atoms with Crippen molar-refractivity contribution >= 4 is 28.3 Å². The van der Waals surface area contributed by atoms with Crippen molar-refractivity contribution in [1.82, 2.24) is 15.0 Å². The minimum absolute atomic E-state index is 0.0351. The summed E-state index contributed by atoms with van der Waals surface area (Å²) in [6.45, 7) is 5.07. The number of aliphatic hydroxyl groups is 1. The molecule has 4 heterocycles. The lowest BCUT2D eigenvalue weighted by Crippen LogP contribution is -2.36. The lowest BCUT2D eigenvalue weighted by atomic mass is 10.1. The van der Waals surface area contributed by atoms with Gasteiger partial charge in [0.05, 0.1) is 22.9 Å². The average molecular weight is 393 g/mol. The first-order valence-electron chi connectivity index (χ1n) is 9.78. The number of ketones is 1. The first-order chi connectivity index (χ1) is 14.0. The predicted molar refractivity (Wildman–Crippen MR) is 116 cm³/mol. The van der Waals surface area contributed by atoms with Gasteiger partial charge in [0, 0.05) is 38.2 Å². The quantitative estimate of drug-likeness (QED) is 0.660. The fourth-order valence-corrected chi connectivity index (χ4v) is 3.30. The van der Waals surface area contributed by atoms with Crippen LogP contribution in [0, 0.1) is 6.92 Å². The van der Waals surface area contributed by atoms with Gasteiger partial charge in [0.15, 0.2) is 5.78 Å². The number of piperidine rings is 1. The number of Topliss-reactive ketones (excluding diaryl/α,β-unsaturated/α-hetero) is 1. The van der Waals surface area contributed by atoms with Gasteiger partial charge >= 0.3 is 0 Å². The van der Waals surface area contributed by atoms with E-state index in [9.17, 15) is 9.90 Å². The number of anilines is 2. The molecular formula is C22H27N5O2. The molecule has 0 amide bonds. The van der Waals surface area contributed by atoms with Gasteiger partial charge in [-0.2, -0.15) is 0 Å². The Morgan fingerprint density at radius 3 is 2.48 bits per heavy atom. The highest BCUT2D eigenvalue weighted by Crippen LogP contribution is 2.27. The van der Waals surface area contributed by atoms with Gasteiger partial charge in [0.2, 0.25) is 0 Å². The van der Waals surface area contributed by atoms with Gasteiger partial charge < -0.3 is 15.3 Å². The number of rotatable bonds is 3. The van der Waals surface area contributed by atoms with Crippen molar-refractivity contribution in [2.45, 2.75) is 32.8 Å². The Balaban J connectivity index is 0.000000290. The number of aryl methyl sites for hydroxylation is 1. The van der Waals surface area contributed by atoms with Crippen molar-refractivity contribution in [2.24, 2.45) is 0 Å². The molecule has 1 fully saturated rings. The van der Waals surface area contributed by atoms with Crippen LogP contribution in [-0.4, -0.2) is 52.1 Å². The summed E-state index contributed by atoms with van der Waals surface area (Å²) >= 11 is 0. The zero-order valence-electron chi connectivity index (χ0n) is 17.1. The molecule has 0 spiro atoms. The first-order valence-corrected chi connectivity index (χ1v) is 9.78. The topological polar surface area (TPSA) is 91.2 Å². The molecule has 7 heteroatoms. The van der Waals surface area contributed by atoms with Crippen molar-refractivity contribution in [3.63, 3.8) is 0 Å². The second kappa shape index (κ2) is 9.43. The van der Waals surface area contributed by atoms with Crippen LogP contribution in [0.25, 0.3) is 11.0 Å². The maximum Gasteiger partial charge on any atom is 0.163 e. The number of nitrogens with one attached hydrogen (secondary N) is 1. The molecule has 4 rings (SSSR count). The SMILES string of the molecule is CNc1c(C(C)=O)cnc2ccc(N3CCC(O)CC3)nc12.Cc1ccccn1. The van der Waals surface area contributed by atoms with E-state index in [1.165, 1.54) is 6.92 Å². The monoisotopic (exact) mass is 393 g/mol. The summed E-state index contributed by atoms with van der Waals surface area (Å²) in [6, 6.07) is 9.72. The zero-order valence-corrected chi connectivity index (χ0v) is 17.1. The van der Waals surface area contributed by atoms with E-state index in [2.05, 4.69) is 20.2 Å². The molecule has 2 N–H and O–H groups in total. The molecule has 3 aromatic heterocycles. The third-order valence-electron chi connectivity index (χ3n) is 4.93. The van der Waals surface area contributed by atoms with Gasteiger partial charge in [-0.25, -0.2) is 4.98 Å². The maximum absolute atomic E-state index is 11.7. The number of aromatic nitrogens is 3. The van der Waals surface area contributed by atoms with Gasteiger partial charge in [-0.1, -0.05) is 6.07 Å². The van der Waals surface area contributed by atoms with E-state index in [0.29, 0.717) is 11.1 Å². The number of hydrogen-bond acceptors (Lipinski definition) is 7. The molecule has 152 valence electrons. The molecule has 0 aromatic carbocycles. The summed E-state index contributed by atoms with van der Waals surface area (Å²) in [5, 5.41) is 12.7. The van der Waals surface area contributed by atoms with Crippen molar-refractivity contribution in [3.8, 4) is 0 Å². The molecule has 3 aromatic rings. The van der Waals surface area contributed by atoms with Crippen LogP contribution in [0.2, 0.25) is 0 Å². The van der Waals surface area contributed by atoms with E-state index >= 15 is 0 Å². The first kappa shape index (κ1) is 20.7. The van der Waals surface area contributed by atoms with E-state index in [-0.39, 0.29) is 11.9 Å². The highest BCUT2D eigenvalue weighted by atomic mass is 16.3. The van der Waals surface area contributed by atoms with E-state index in [0.717, 1.165) is 48.6 Å². The van der Waals surface area contributed by atoms with Crippen molar-refractivity contribution in [3.05, 3.63) is 54.0 Å². The molecule has 0 saturated carbocycles. The normalized spacial score (nSPS) is 14.3. The molecular weight excluding hydrogens is 366 g/mol. The Kier molecular flexibility index (Phi) is 6.72. The summed E-state index contributed by atoms with van der Waals surface area (Å²) < 4.78 is 0. The van der Waals surface area contributed by atoms with Crippen molar-refractivity contribution < 1.29 is 9.90 Å². The number of pyridine rings is 3. The van der Waals surface area contributed by atoms with Crippen LogP contribution in [0.5, 0.6) is 0 Å². The van der Waals surface area contributed by atoms with Gasteiger partial charge in [-0.05, 0) is 51.0 Å². The second-order valence-corrected chi connectivity index (χ2v) is 7.08. The summed E-state index contributed by atoms with van der Waals surface area (Å²) in [4.78, 5) is 26.9. The molecule has 0 aliphatic carbocycles. The number of hydrogen-bond donors (Lipinski definition) is 2. The summed E-state index contributed by atoms with van der Waals surface area (Å²) in [6.07, 6.45) is 4.68. The smallest absolute Gasteiger partial charge is 0.163 e. The fraction of sp³-hybridized carbons (Fsp3) is 0.364. The standard InChI is InChI=1S/C16H20N4O2.C6H7N/c1-10(21)12-9-18-13-3-4-14(19-16(13)15(12)17-2)20-7-5-11(22)6-8-20;1-6-4-2-3-5-7-6/h3-4,9,11,22H,5-8H2,1-2H3,(H,17,18);2-5H,1H3. The number of carbonyl (C=O) groups is 1. The van der Waals surface area contributed by atoms with E-state index in [1.54, 1.807) is 19.4 Å². The molecule has 0 radical (unpaired) electrons. The maximum atomic E-state index is 11.7. The van der Waals surface area contributed by atoms with E-state index < -0.39 is 0 Å². The predicted octanol–water partition coefficient (Wildman–Crippen LogP) is 3.23. The largest absolute Gasteiger partial charge is 0.393 e. The Morgan fingerprint density at radius 2 is 1.93 bits per heavy atom. The molecule has 1 saturated heterocycles. The van der Waals surface area contributed by atoms with Gasteiger partial charge in [0.1, 0.15) is 11.3 Å². The Morgan fingerprint density at radius 1 is 1.17 bits per heavy atom. The second-order valence-electron chi connectivity index (χ2n) is 7.08.